The van der Waals surface area contributed by atoms with Gasteiger partial charge in [0.05, 0.1) is 5.70 Å². The molecule has 2 heterocycles. The van der Waals surface area contributed by atoms with Crippen molar-refractivity contribution in [2.45, 2.75) is 32.9 Å². The molecule has 0 spiro atoms. The number of rotatable bonds is 1. The Morgan fingerprint density at radius 2 is 2.10 bits per heavy atom. The average Bonchev–Trinajstić information content (AvgIpc) is 2.93. The standard InChI is InChI=1S/C13H13N3O4/c1-5-8(14)12(19)9-10(11(5)18)16-4-3-7(13(16)15-9)20-6(2)17/h7H,3-4,14H2,1-2H3. The number of nitrogens with zero attached hydrogens (tertiary/aromatic N) is 2. The Balaban J connectivity index is 2.12. The van der Waals surface area contributed by atoms with Gasteiger partial charge in [-0.25, -0.2) is 4.98 Å². The Labute approximate surface area is 114 Å². The van der Waals surface area contributed by atoms with Gasteiger partial charge in [-0.3, -0.25) is 14.4 Å². The second-order valence-electron chi connectivity index (χ2n) is 4.90. The topological polar surface area (TPSA) is 104 Å². The first-order chi connectivity index (χ1) is 9.41. The van der Waals surface area contributed by atoms with Crippen molar-refractivity contribution < 1.29 is 19.1 Å². The smallest absolute Gasteiger partial charge is 0.303 e. The van der Waals surface area contributed by atoms with E-state index in [2.05, 4.69) is 4.98 Å². The Bertz CT molecular complexity index is 699. The number of hydrogen-bond donors (Lipinski definition) is 1. The Morgan fingerprint density at radius 3 is 2.75 bits per heavy atom. The minimum absolute atomic E-state index is 0.0601. The number of esters is 1. The normalized spacial score (nSPS) is 21.0. The van der Waals surface area contributed by atoms with Crippen LogP contribution in [0.2, 0.25) is 0 Å². The number of hydrogen-bond acceptors (Lipinski definition) is 6. The number of ketones is 2. The number of imidazole rings is 1. The summed E-state index contributed by atoms with van der Waals surface area (Å²) in [6.07, 6.45) is 0.0368. The number of carbonyl (C=O) groups is 3. The van der Waals surface area contributed by atoms with Crippen LogP contribution in [0.15, 0.2) is 11.3 Å². The van der Waals surface area contributed by atoms with Crippen molar-refractivity contribution in [3.8, 4) is 0 Å². The quantitative estimate of drug-likeness (QED) is 0.748. The van der Waals surface area contributed by atoms with E-state index in [1.54, 1.807) is 4.57 Å². The van der Waals surface area contributed by atoms with E-state index in [0.717, 1.165) is 0 Å². The minimum atomic E-state index is -0.514. The molecule has 2 aliphatic rings. The van der Waals surface area contributed by atoms with Crippen molar-refractivity contribution in [3.05, 3.63) is 28.5 Å². The van der Waals surface area contributed by atoms with Gasteiger partial charge < -0.3 is 15.0 Å². The molecule has 7 nitrogen and oxygen atoms in total. The van der Waals surface area contributed by atoms with Crippen LogP contribution in [0, 0.1) is 0 Å². The fourth-order valence-electron chi connectivity index (χ4n) is 2.62. The van der Waals surface area contributed by atoms with E-state index in [1.165, 1.54) is 13.8 Å². The lowest BCUT2D eigenvalue weighted by molar-refractivity contribution is -0.146. The van der Waals surface area contributed by atoms with Crippen molar-refractivity contribution in [3.63, 3.8) is 0 Å². The van der Waals surface area contributed by atoms with Gasteiger partial charge in [-0.05, 0) is 6.92 Å². The van der Waals surface area contributed by atoms with Crippen LogP contribution in [0.4, 0.5) is 0 Å². The van der Waals surface area contributed by atoms with Gasteiger partial charge in [-0.1, -0.05) is 0 Å². The van der Waals surface area contributed by atoms with Crippen LogP contribution in [0.25, 0.3) is 0 Å². The number of fused-ring (bicyclic) bond motifs is 3. The molecule has 1 unspecified atom stereocenters. The lowest BCUT2D eigenvalue weighted by Gasteiger charge is -2.13. The summed E-state index contributed by atoms with van der Waals surface area (Å²) >= 11 is 0. The monoisotopic (exact) mass is 275 g/mol. The zero-order valence-corrected chi connectivity index (χ0v) is 11.1. The summed E-state index contributed by atoms with van der Waals surface area (Å²) in [6, 6.07) is 0. The van der Waals surface area contributed by atoms with Crippen LogP contribution >= 0.6 is 0 Å². The van der Waals surface area contributed by atoms with Crippen molar-refractivity contribution in [2.24, 2.45) is 5.73 Å². The highest BCUT2D eigenvalue weighted by Gasteiger charge is 2.39. The Hall–Kier alpha value is -2.44. The third-order valence-corrected chi connectivity index (χ3v) is 3.63. The molecular formula is C13H13N3O4. The number of nitrogens with two attached hydrogens (primary N) is 1. The molecule has 7 heteroatoms. The molecule has 1 aromatic heterocycles. The third-order valence-electron chi connectivity index (χ3n) is 3.63. The largest absolute Gasteiger partial charge is 0.454 e. The van der Waals surface area contributed by atoms with Gasteiger partial charge in [0.25, 0.3) is 0 Å². The molecule has 0 radical (unpaired) electrons. The molecule has 1 aromatic rings. The molecule has 20 heavy (non-hydrogen) atoms. The van der Waals surface area contributed by atoms with Gasteiger partial charge in [0, 0.05) is 25.5 Å². The van der Waals surface area contributed by atoms with Gasteiger partial charge in [-0.2, -0.15) is 0 Å². The molecule has 1 aliphatic heterocycles. The number of allylic oxidation sites excluding steroid dienone is 2. The summed E-state index contributed by atoms with van der Waals surface area (Å²) in [5, 5.41) is 0. The Morgan fingerprint density at radius 1 is 1.40 bits per heavy atom. The van der Waals surface area contributed by atoms with Crippen LogP contribution in [0.1, 0.15) is 53.2 Å². The van der Waals surface area contributed by atoms with Crippen molar-refractivity contribution >= 4 is 17.5 Å². The molecule has 2 N–H and O–H groups in total. The van der Waals surface area contributed by atoms with Crippen LogP contribution in [-0.4, -0.2) is 27.1 Å². The molecule has 1 aliphatic carbocycles. The molecule has 0 amide bonds. The van der Waals surface area contributed by atoms with Gasteiger partial charge in [-0.15, -0.1) is 0 Å². The van der Waals surface area contributed by atoms with Gasteiger partial charge in [0.2, 0.25) is 11.6 Å². The highest BCUT2D eigenvalue weighted by molar-refractivity contribution is 6.25. The second kappa shape index (κ2) is 4.03. The first-order valence-electron chi connectivity index (χ1n) is 6.25. The minimum Gasteiger partial charge on any atom is -0.454 e. The SMILES string of the molecule is CC(=O)OC1CCn2c1nc1c2C(=O)C(C)=C(N)C1=O. The highest BCUT2D eigenvalue weighted by Crippen LogP contribution is 2.34. The maximum Gasteiger partial charge on any atom is 0.303 e. The summed E-state index contributed by atoms with van der Waals surface area (Å²) < 4.78 is 6.80. The zero-order valence-electron chi connectivity index (χ0n) is 11.1. The van der Waals surface area contributed by atoms with E-state index >= 15 is 0 Å². The van der Waals surface area contributed by atoms with Gasteiger partial charge in [0.1, 0.15) is 11.4 Å². The van der Waals surface area contributed by atoms with E-state index in [4.69, 9.17) is 10.5 Å². The fourth-order valence-corrected chi connectivity index (χ4v) is 2.62. The number of carbonyl (C=O) groups excluding carboxylic acids is 3. The molecule has 0 saturated heterocycles. The predicted octanol–water partition coefficient (Wildman–Crippen LogP) is 0.503. The number of Topliss-reactive ketones (excluding diaryl/α,β-unsaturated/α-hetero) is 2. The summed E-state index contributed by atoms with van der Waals surface area (Å²) in [4.78, 5) is 39.6. The third kappa shape index (κ3) is 1.52. The van der Waals surface area contributed by atoms with Crippen molar-refractivity contribution in [2.75, 3.05) is 0 Å². The van der Waals surface area contributed by atoms with Crippen LogP contribution < -0.4 is 5.73 Å². The second-order valence-corrected chi connectivity index (χ2v) is 4.90. The zero-order chi connectivity index (χ0) is 14.6. The highest BCUT2D eigenvalue weighted by atomic mass is 16.5. The molecule has 0 saturated carbocycles. The molecule has 3 rings (SSSR count). The fraction of sp³-hybridized carbons (Fsp3) is 0.385. The van der Waals surface area contributed by atoms with E-state index in [1.807, 2.05) is 0 Å². The lowest BCUT2D eigenvalue weighted by atomic mass is 9.96. The number of ether oxygens (including phenoxy) is 1. The molecule has 0 aromatic carbocycles. The summed E-state index contributed by atoms with van der Waals surface area (Å²) in [5.74, 6) is -0.717. The van der Waals surface area contributed by atoms with E-state index in [0.29, 0.717) is 18.8 Å². The summed E-state index contributed by atoms with van der Waals surface area (Å²) in [6.45, 7) is 3.32. The van der Waals surface area contributed by atoms with Gasteiger partial charge >= 0.3 is 5.97 Å². The predicted molar refractivity (Wildman–Crippen MR) is 66.9 cm³/mol. The van der Waals surface area contributed by atoms with Crippen molar-refractivity contribution in [1.82, 2.24) is 9.55 Å². The van der Waals surface area contributed by atoms with E-state index in [-0.39, 0.29) is 28.4 Å². The van der Waals surface area contributed by atoms with Gasteiger partial charge in [0.15, 0.2) is 11.9 Å². The molecule has 0 bridgehead atoms. The lowest BCUT2D eigenvalue weighted by Crippen LogP contribution is -2.27. The molecule has 0 fully saturated rings. The first-order valence-corrected chi connectivity index (χ1v) is 6.25. The maximum atomic E-state index is 12.3. The Kier molecular flexibility index (Phi) is 2.53. The molecule has 1 atom stereocenters. The van der Waals surface area contributed by atoms with E-state index < -0.39 is 17.9 Å². The van der Waals surface area contributed by atoms with Crippen molar-refractivity contribution in [1.29, 1.82) is 0 Å². The summed E-state index contributed by atoms with van der Waals surface area (Å²) in [5.41, 5.74) is 6.12. The number of aromatic nitrogens is 2. The average molecular weight is 275 g/mol. The van der Waals surface area contributed by atoms with Crippen LogP contribution in [0.3, 0.4) is 0 Å². The molecular weight excluding hydrogens is 262 g/mol. The molecule has 104 valence electrons. The van der Waals surface area contributed by atoms with Crippen LogP contribution in [-0.2, 0) is 16.1 Å². The maximum absolute atomic E-state index is 12.3. The first kappa shape index (κ1) is 12.6. The van der Waals surface area contributed by atoms with E-state index in [9.17, 15) is 14.4 Å². The van der Waals surface area contributed by atoms with Crippen LogP contribution in [0.5, 0.6) is 0 Å². The summed E-state index contributed by atoms with van der Waals surface area (Å²) in [7, 11) is 0.